The van der Waals surface area contributed by atoms with Crippen LogP contribution < -0.4 is 5.32 Å². The summed E-state index contributed by atoms with van der Waals surface area (Å²) in [5, 5.41) is 10.6. The average Bonchev–Trinajstić information content (AvgIpc) is 2.69. The van der Waals surface area contributed by atoms with Crippen molar-refractivity contribution in [1.82, 2.24) is 10.2 Å². The number of anilines is 1. The lowest BCUT2D eigenvalue weighted by atomic mass is 10.3. The Morgan fingerprint density at radius 1 is 1.36 bits per heavy atom. The van der Waals surface area contributed by atoms with Crippen LogP contribution in [-0.4, -0.2) is 10.2 Å². The van der Waals surface area contributed by atoms with Crippen molar-refractivity contribution in [3.05, 3.63) is 47.2 Å². The first kappa shape index (κ1) is 9.09. The number of halogens is 1. The second-order valence-corrected chi connectivity index (χ2v) is 3.35. The number of H-pyrrole nitrogens is 1. The van der Waals surface area contributed by atoms with Crippen LogP contribution in [0.25, 0.3) is 0 Å². The first-order valence-corrected chi connectivity index (χ1v) is 4.70. The fourth-order valence-corrected chi connectivity index (χ4v) is 1.38. The molecule has 0 atom stereocenters. The van der Waals surface area contributed by atoms with Crippen molar-refractivity contribution < 1.29 is 0 Å². The second kappa shape index (κ2) is 4.15. The number of benzene rings is 1. The summed E-state index contributed by atoms with van der Waals surface area (Å²) in [4.78, 5) is 0. The van der Waals surface area contributed by atoms with Gasteiger partial charge < -0.3 is 5.32 Å². The van der Waals surface area contributed by atoms with E-state index < -0.39 is 0 Å². The molecule has 1 aromatic heterocycles. The maximum atomic E-state index is 5.98. The van der Waals surface area contributed by atoms with Gasteiger partial charge in [-0.3, -0.25) is 5.10 Å². The van der Waals surface area contributed by atoms with E-state index in [2.05, 4.69) is 15.5 Å². The summed E-state index contributed by atoms with van der Waals surface area (Å²) in [7, 11) is 0. The van der Waals surface area contributed by atoms with Gasteiger partial charge in [0.1, 0.15) is 0 Å². The third kappa shape index (κ3) is 2.06. The van der Waals surface area contributed by atoms with Gasteiger partial charge in [-0.1, -0.05) is 23.7 Å². The van der Waals surface area contributed by atoms with Crippen LogP contribution in [0.4, 0.5) is 5.69 Å². The molecule has 1 aromatic carbocycles. The van der Waals surface area contributed by atoms with E-state index in [1.807, 2.05) is 30.5 Å². The molecule has 0 fully saturated rings. The van der Waals surface area contributed by atoms with Crippen molar-refractivity contribution in [3.8, 4) is 0 Å². The van der Waals surface area contributed by atoms with Crippen molar-refractivity contribution in [3.63, 3.8) is 0 Å². The highest BCUT2D eigenvalue weighted by Gasteiger charge is 1.98. The molecule has 1 heterocycles. The molecule has 72 valence electrons. The Labute approximate surface area is 87.1 Å². The molecule has 0 amide bonds. The van der Waals surface area contributed by atoms with E-state index in [1.165, 1.54) is 0 Å². The van der Waals surface area contributed by atoms with Crippen molar-refractivity contribution in [1.29, 1.82) is 0 Å². The third-order valence-corrected chi connectivity index (χ3v) is 2.24. The first-order valence-electron chi connectivity index (χ1n) is 4.32. The van der Waals surface area contributed by atoms with Crippen LogP contribution in [0.3, 0.4) is 0 Å². The lowest BCUT2D eigenvalue weighted by Crippen LogP contribution is -1.98. The van der Waals surface area contributed by atoms with Crippen molar-refractivity contribution in [2.75, 3.05) is 5.32 Å². The number of hydrogen-bond acceptors (Lipinski definition) is 2. The van der Waals surface area contributed by atoms with Gasteiger partial charge >= 0.3 is 0 Å². The number of aromatic amines is 1. The monoisotopic (exact) mass is 207 g/mol. The Kier molecular flexibility index (Phi) is 2.70. The topological polar surface area (TPSA) is 40.7 Å². The van der Waals surface area contributed by atoms with E-state index in [0.29, 0.717) is 0 Å². The molecule has 0 aliphatic heterocycles. The van der Waals surface area contributed by atoms with Crippen molar-refractivity contribution in [2.45, 2.75) is 6.54 Å². The Morgan fingerprint density at radius 3 is 2.93 bits per heavy atom. The van der Waals surface area contributed by atoms with Gasteiger partial charge in [-0.2, -0.15) is 5.10 Å². The molecule has 2 N–H and O–H groups in total. The lowest BCUT2D eigenvalue weighted by Gasteiger charge is -2.05. The van der Waals surface area contributed by atoms with Crippen LogP contribution in [0.2, 0.25) is 5.02 Å². The SMILES string of the molecule is Clc1ccccc1NCc1cn[nH]c1. The van der Waals surface area contributed by atoms with Crippen LogP contribution in [0.15, 0.2) is 36.7 Å². The van der Waals surface area contributed by atoms with E-state index in [0.717, 1.165) is 22.8 Å². The molecule has 0 radical (unpaired) electrons. The lowest BCUT2D eigenvalue weighted by molar-refractivity contribution is 1.09. The van der Waals surface area contributed by atoms with Crippen LogP contribution in [0, 0.1) is 0 Å². The third-order valence-electron chi connectivity index (χ3n) is 1.91. The van der Waals surface area contributed by atoms with Crippen LogP contribution in [-0.2, 0) is 6.54 Å². The smallest absolute Gasteiger partial charge is 0.0637 e. The fourth-order valence-electron chi connectivity index (χ4n) is 1.18. The molecule has 2 rings (SSSR count). The van der Waals surface area contributed by atoms with E-state index in [9.17, 15) is 0 Å². The summed E-state index contributed by atoms with van der Waals surface area (Å²) in [6, 6.07) is 7.66. The second-order valence-electron chi connectivity index (χ2n) is 2.94. The summed E-state index contributed by atoms with van der Waals surface area (Å²) < 4.78 is 0. The number of nitrogens with one attached hydrogen (secondary N) is 2. The Balaban J connectivity index is 2.02. The minimum absolute atomic E-state index is 0.722. The standard InChI is InChI=1S/C10H10ClN3/c11-9-3-1-2-4-10(9)12-5-8-6-13-14-7-8/h1-4,6-7,12H,5H2,(H,13,14). The summed E-state index contributed by atoms with van der Waals surface area (Å²) in [6.07, 6.45) is 3.63. The predicted molar refractivity (Wildman–Crippen MR) is 57.4 cm³/mol. The summed E-state index contributed by atoms with van der Waals surface area (Å²) in [5.41, 5.74) is 2.04. The molecule has 0 saturated heterocycles. The largest absolute Gasteiger partial charge is 0.380 e. The molecular weight excluding hydrogens is 198 g/mol. The predicted octanol–water partition coefficient (Wildman–Crippen LogP) is 2.68. The summed E-state index contributed by atoms with van der Waals surface area (Å²) >= 11 is 5.98. The number of aromatic nitrogens is 2. The Hall–Kier alpha value is -1.48. The van der Waals surface area contributed by atoms with Gasteiger partial charge in [0.05, 0.1) is 16.9 Å². The van der Waals surface area contributed by atoms with Crippen LogP contribution >= 0.6 is 11.6 Å². The molecule has 0 spiro atoms. The summed E-state index contributed by atoms with van der Waals surface area (Å²) in [5.74, 6) is 0. The van der Waals surface area contributed by atoms with Crippen molar-refractivity contribution in [2.24, 2.45) is 0 Å². The average molecular weight is 208 g/mol. The van der Waals surface area contributed by atoms with E-state index in [-0.39, 0.29) is 0 Å². The summed E-state index contributed by atoms with van der Waals surface area (Å²) in [6.45, 7) is 0.722. The van der Waals surface area contributed by atoms with Crippen LogP contribution in [0.1, 0.15) is 5.56 Å². The maximum Gasteiger partial charge on any atom is 0.0637 e. The molecule has 0 unspecified atom stereocenters. The minimum atomic E-state index is 0.722. The highest BCUT2D eigenvalue weighted by molar-refractivity contribution is 6.33. The molecular formula is C10H10ClN3. The van der Waals surface area contributed by atoms with Gasteiger partial charge in [0.25, 0.3) is 0 Å². The van der Waals surface area contributed by atoms with E-state index in [4.69, 9.17) is 11.6 Å². The van der Waals surface area contributed by atoms with Gasteiger partial charge in [-0.15, -0.1) is 0 Å². The number of para-hydroxylation sites is 1. The highest BCUT2D eigenvalue weighted by atomic mass is 35.5. The zero-order chi connectivity index (χ0) is 9.80. The van der Waals surface area contributed by atoms with Crippen molar-refractivity contribution >= 4 is 17.3 Å². The normalized spacial score (nSPS) is 10.1. The Morgan fingerprint density at radius 2 is 2.21 bits per heavy atom. The highest BCUT2D eigenvalue weighted by Crippen LogP contribution is 2.20. The molecule has 2 aromatic rings. The molecule has 0 aliphatic rings. The van der Waals surface area contributed by atoms with Gasteiger partial charge in [0.15, 0.2) is 0 Å². The quantitative estimate of drug-likeness (QED) is 0.813. The molecule has 0 saturated carbocycles. The molecule has 4 heteroatoms. The van der Waals surface area contributed by atoms with E-state index >= 15 is 0 Å². The van der Waals surface area contributed by atoms with Gasteiger partial charge in [0.2, 0.25) is 0 Å². The minimum Gasteiger partial charge on any atom is -0.380 e. The van der Waals surface area contributed by atoms with E-state index in [1.54, 1.807) is 6.20 Å². The Bertz CT molecular complexity index is 398. The van der Waals surface area contributed by atoms with Gasteiger partial charge in [0, 0.05) is 18.3 Å². The molecule has 14 heavy (non-hydrogen) atoms. The van der Waals surface area contributed by atoms with Gasteiger partial charge in [-0.25, -0.2) is 0 Å². The fraction of sp³-hybridized carbons (Fsp3) is 0.100. The zero-order valence-electron chi connectivity index (χ0n) is 7.50. The zero-order valence-corrected chi connectivity index (χ0v) is 8.25. The van der Waals surface area contributed by atoms with Gasteiger partial charge in [-0.05, 0) is 12.1 Å². The number of nitrogens with zero attached hydrogens (tertiary/aromatic N) is 1. The number of rotatable bonds is 3. The van der Waals surface area contributed by atoms with Crippen LogP contribution in [0.5, 0.6) is 0 Å². The maximum absolute atomic E-state index is 5.98. The number of hydrogen-bond donors (Lipinski definition) is 2. The molecule has 3 nitrogen and oxygen atoms in total. The molecule has 0 aliphatic carbocycles. The first-order chi connectivity index (χ1) is 6.86. The molecule has 0 bridgehead atoms.